The highest BCUT2D eigenvalue weighted by atomic mass is 16.5. The molecular weight excluding hydrogens is 400 g/mol. The van der Waals surface area contributed by atoms with Crippen molar-refractivity contribution in [2.24, 2.45) is 5.92 Å². The van der Waals surface area contributed by atoms with Gasteiger partial charge >= 0.3 is 0 Å². The van der Waals surface area contributed by atoms with E-state index in [4.69, 9.17) is 4.74 Å². The van der Waals surface area contributed by atoms with Gasteiger partial charge in [0.05, 0.1) is 5.92 Å². The summed E-state index contributed by atoms with van der Waals surface area (Å²) in [5.74, 6) is 0.903. The van der Waals surface area contributed by atoms with E-state index in [1.54, 1.807) is 0 Å². The summed E-state index contributed by atoms with van der Waals surface area (Å²) in [7, 11) is 0. The lowest BCUT2D eigenvalue weighted by Gasteiger charge is -2.42. The molecule has 1 unspecified atom stereocenters. The van der Waals surface area contributed by atoms with Gasteiger partial charge in [-0.3, -0.25) is 9.59 Å². The van der Waals surface area contributed by atoms with Crippen LogP contribution in [0.4, 0.5) is 0 Å². The Morgan fingerprint density at radius 3 is 2.50 bits per heavy atom. The average Bonchev–Trinajstić information content (AvgIpc) is 3.21. The Balaban J connectivity index is 1.24. The Bertz CT molecular complexity index is 1050. The summed E-state index contributed by atoms with van der Waals surface area (Å²) in [6, 6.07) is 16.8. The van der Waals surface area contributed by atoms with Gasteiger partial charge in [-0.05, 0) is 43.2 Å². The van der Waals surface area contributed by atoms with Crippen LogP contribution in [0.1, 0.15) is 38.7 Å². The average molecular weight is 431 g/mol. The molecule has 3 aliphatic rings. The number of hydrogen-bond donors (Lipinski definition) is 0. The van der Waals surface area contributed by atoms with Gasteiger partial charge in [0.1, 0.15) is 11.4 Å². The number of likely N-dealkylation sites (tertiary alicyclic amines) is 2. The van der Waals surface area contributed by atoms with Gasteiger partial charge in [0.25, 0.3) is 0 Å². The molecule has 1 atom stereocenters. The van der Waals surface area contributed by atoms with E-state index in [1.807, 2.05) is 41.8 Å². The first-order valence-corrected chi connectivity index (χ1v) is 11.6. The summed E-state index contributed by atoms with van der Waals surface area (Å²) >= 11 is 0. The first-order chi connectivity index (χ1) is 15.4. The fraction of sp³-hybridized carbons (Fsp3) is 0.407. The van der Waals surface area contributed by atoms with Gasteiger partial charge in [-0.1, -0.05) is 42.5 Å². The van der Waals surface area contributed by atoms with Gasteiger partial charge in [-0.15, -0.1) is 0 Å². The molecular formula is C27H30N2O3. The number of hydrogen-bond acceptors (Lipinski definition) is 3. The van der Waals surface area contributed by atoms with Gasteiger partial charge in [-0.25, -0.2) is 0 Å². The molecule has 0 saturated carbocycles. The maximum atomic E-state index is 13.0. The molecule has 1 spiro atoms. The van der Waals surface area contributed by atoms with E-state index in [0.29, 0.717) is 26.1 Å². The first-order valence-electron chi connectivity index (χ1n) is 11.6. The zero-order valence-corrected chi connectivity index (χ0v) is 18.8. The molecule has 0 bridgehead atoms. The van der Waals surface area contributed by atoms with Crippen LogP contribution in [0.5, 0.6) is 5.75 Å². The zero-order chi connectivity index (χ0) is 22.3. The third-order valence-corrected chi connectivity index (χ3v) is 7.05. The second-order valence-corrected chi connectivity index (χ2v) is 9.48. The van der Waals surface area contributed by atoms with Crippen LogP contribution in [-0.2, 0) is 9.59 Å². The van der Waals surface area contributed by atoms with Gasteiger partial charge in [0.15, 0.2) is 0 Å². The number of benzene rings is 2. The van der Waals surface area contributed by atoms with E-state index in [-0.39, 0.29) is 29.4 Å². The fourth-order valence-electron chi connectivity index (χ4n) is 5.11. The normalized spacial score (nSPS) is 21.7. The monoisotopic (exact) mass is 430 g/mol. The summed E-state index contributed by atoms with van der Waals surface area (Å²) in [5, 5.41) is 0. The number of rotatable bonds is 3. The van der Waals surface area contributed by atoms with Crippen molar-refractivity contribution in [3.05, 3.63) is 60.2 Å². The molecule has 3 aliphatic heterocycles. The fourth-order valence-corrected chi connectivity index (χ4v) is 5.11. The summed E-state index contributed by atoms with van der Waals surface area (Å²) in [6.07, 6.45) is 6.21. The molecule has 166 valence electrons. The number of carbonyl (C=O) groups excluding carboxylic acids is 2. The molecule has 2 saturated heterocycles. The molecule has 2 amide bonds. The van der Waals surface area contributed by atoms with Crippen LogP contribution in [0.3, 0.4) is 0 Å². The van der Waals surface area contributed by atoms with Crippen molar-refractivity contribution >= 4 is 17.9 Å². The molecule has 0 N–H and O–H groups in total. The second kappa shape index (κ2) is 8.12. The number of carbonyl (C=O) groups is 2. The summed E-state index contributed by atoms with van der Waals surface area (Å²) in [6.45, 7) is 5.87. The number of piperidine rings is 1. The third-order valence-electron chi connectivity index (χ3n) is 7.05. The van der Waals surface area contributed by atoms with Gasteiger partial charge in [0, 0.05) is 50.5 Å². The lowest BCUT2D eigenvalue weighted by molar-refractivity contribution is -0.138. The van der Waals surface area contributed by atoms with Gasteiger partial charge in [0.2, 0.25) is 11.8 Å². The van der Waals surface area contributed by atoms with E-state index < -0.39 is 0 Å². The smallest absolute Gasteiger partial charge is 0.227 e. The SMILES string of the molecule is CC(C)N1CC(C(=O)N2CCC3(C=Cc4cc(-c5ccccc5)ccc4O3)CC2)CC1=O. The lowest BCUT2D eigenvalue weighted by Crippen LogP contribution is -2.51. The van der Waals surface area contributed by atoms with Crippen molar-refractivity contribution in [3.63, 3.8) is 0 Å². The third kappa shape index (κ3) is 3.81. The van der Waals surface area contributed by atoms with E-state index >= 15 is 0 Å². The number of nitrogens with zero attached hydrogens (tertiary/aromatic N) is 2. The molecule has 3 heterocycles. The standard InChI is InChI=1S/C27H30N2O3/c1-19(2)29-18-23(17-25(29)30)26(31)28-14-12-27(13-15-28)11-10-22-16-21(8-9-24(22)32-27)20-6-4-3-5-7-20/h3-11,16,19,23H,12-15,17-18H2,1-2H3. The Kier molecular flexibility index (Phi) is 5.28. The molecule has 2 aromatic carbocycles. The Morgan fingerprint density at radius 1 is 1.06 bits per heavy atom. The minimum atomic E-state index is -0.354. The topological polar surface area (TPSA) is 49.9 Å². The minimum absolute atomic E-state index is 0.0943. The maximum Gasteiger partial charge on any atom is 0.227 e. The molecule has 32 heavy (non-hydrogen) atoms. The summed E-state index contributed by atoms with van der Waals surface area (Å²) < 4.78 is 6.48. The molecule has 0 aliphatic carbocycles. The Hall–Kier alpha value is -3.08. The quantitative estimate of drug-likeness (QED) is 0.726. The number of ether oxygens (including phenoxy) is 1. The van der Waals surface area contributed by atoms with Crippen LogP contribution in [0, 0.1) is 5.92 Å². The molecule has 5 nitrogen and oxygen atoms in total. The van der Waals surface area contributed by atoms with Crippen LogP contribution < -0.4 is 4.74 Å². The largest absolute Gasteiger partial charge is 0.482 e. The summed E-state index contributed by atoms with van der Waals surface area (Å²) in [4.78, 5) is 29.0. The van der Waals surface area contributed by atoms with E-state index in [9.17, 15) is 9.59 Å². The van der Waals surface area contributed by atoms with Crippen molar-refractivity contribution in [2.45, 2.75) is 44.8 Å². The van der Waals surface area contributed by atoms with Crippen LogP contribution in [0.25, 0.3) is 17.2 Å². The van der Waals surface area contributed by atoms with Crippen molar-refractivity contribution in [1.29, 1.82) is 0 Å². The summed E-state index contributed by atoms with van der Waals surface area (Å²) in [5.41, 5.74) is 3.11. The van der Waals surface area contributed by atoms with E-state index in [1.165, 1.54) is 11.1 Å². The number of fused-ring (bicyclic) bond motifs is 1. The van der Waals surface area contributed by atoms with Gasteiger partial charge in [-0.2, -0.15) is 0 Å². The first kappa shape index (κ1) is 20.8. The highest BCUT2D eigenvalue weighted by Gasteiger charge is 2.42. The zero-order valence-electron chi connectivity index (χ0n) is 18.8. The van der Waals surface area contributed by atoms with Gasteiger partial charge < -0.3 is 14.5 Å². The molecule has 5 rings (SSSR count). The second-order valence-electron chi connectivity index (χ2n) is 9.48. The highest BCUT2D eigenvalue weighted by Crippen LogP contribution is 2.39. The molecule has 5 heteroatoms. The Labute approximate surface area is 189 Å². The van der Waals surface area contributed by atoms with E-state index in [0.717, 1.165) is 24.2 Å². The van der Waals surface area contributed by atoms with E-state index in [2.05, 4.69) is 42.5 Å². The Morgan fingerprint density at radius 2 is 1.81 bits per heavy atom. The lowest BCUT2D eigenvalue weighted by atomic mass is 9.87. The van der Waals surface area contributed by atoms with Crippen molar-refractivity contribution in [2.75, 3.05) is 19.6 Å². The maximum absolute atomic E-state index is 13.0. The molecule has 2 fully saturated rings. The minimum Gasteiger partial charge on any atom is -0.482 e. The van der Waals surface area contributed by atoms with Crippen molar-refractivity contribution < 1.29 is 14.3 Å². The van der Waals surface area contributed by atoms with Crippen LogP contribution in [-0.4, -0.2) is 52.9 Å². The predicted molar refractivity (Wildman–Crippen MR) is 125 cm³/mol. The van der Waals surface area contributed by atoms with Crippen molar-refractivity contribution in [3.8, 4) is 16.9 Å². The van der Waals surface area contributed by atoms with Crippen LogP contribution >= 0.6 is 0 Å². The van der Waals surface area contributed by atoms with Crippen molar-refractivity contribution in [1.82, 2.24) is 9.80 Å². The number of amides is 2. The molecule has 2 aromatic rings. The van der Waals surface area contributed by atoms with Crippen LogP contribution in [0.2, 0.25) is 0 Å². The molecule has 0 radical (unpaired) electrons. The molecule has 0 aromatic heterocycles. The highest BCUT2D eigenvalue weighted by molar-refractivity contribution is 5.89. The van der Waals surface area contributed by atoms with Crippen LogP contribution in [0.15, 0.2) is 54.6 Å². The predicted octanol–water partition coefficient (Wildman–Crippen LogP) is 4.38.